The zero-order valence-corrected chi connectivity index (χ0v) is 14.6. The molecule has 0 aliphatic heterocycles. The molecule has 0 atom stereocenters. The molecule has 0 aromatic heterocycles. The second-order valence-electron chi connectivity index (χ2n) is 7.84. The molecule has 124 valence electrons. The van der Waals surface area contributed by atoms with Crippen LogP contribution in [0.2, 0.25) is 0 Å². The van der Waals surface area contributed by atoms with E-state index in [1.807, 2.05) is 27.7 Å². The highest BCUT2D eigenvalue weighted by atomic mass is 16.4. The maximum Gasteiger partial charge on any atom is 0.318 e. The zero-order valence-electron chi connectivity index (χ0n) is 14.6. The number of nitrogens with one attached hydrogen (secondary N) is 1. The summed E-state index contributed by atoms with van der Waals surface area (Å²) in [7, 11) is 0. The van der Waals surface area contributed by atoms with Crippen molar-refractivity contribution in [3.05, 3.63) is 0 Å². The number of urea groups is 1. The van der Waals surface area contributed by atoms with E-state index in [9.17, 15) is 9.59 Å². The quantitative estimate of drug-likeness (QED) is 0.756. The molecule has 5 heteroatoms. The number of rotatable bonds is 7. The van der Waals surface area contributed by atoms with Crippen LogP contribution >= 0.6 is 0 Å². The number of hydrogen-bond acceptors (Lipinski definition) is 2. The molecule has 21 heavy (non-hydrogen) atoms. The summed E-state index contributed by atoms with van der Waals surface area (Å²) in [6.45, 7) is 14.8. The van der Waals surface area contributed by atoms with E-state index in [1.165, 1.54) is 0 Å². The van der Waals surface area contributed by atoms with Crippen molar-refractivity contribution in [2.45, 2.75) is 79.3 Å². The van der Waals surface area contributed by atoms with E-state index in [0.29, 0.717) is 13.0 Å². The molecule has 0 aliphatic carbocycles. The Labute approximate surface area is 129 Å². The lowest BCUT2D eigenvalue weighted by Crippen LogP contribution is -2.53. The number of carboxylic acids is 1. The molecule has 2 N–H and O–H groups in total. The smallest absolute Gasteiger partial charge is 0.318 e. The molecule has 0 aromatic carbocycles. The average molecular weight is 300 g/mol. The van der Waals surface area contributed by atoms with E-state index in [-0.39, 0.29) is 29.4 Å². The summed E-state index contributed by atoms with van der Waals surface area (Å²) in [6.07, 6.45) is 1.43. The van der Waals surface area contributed by atoms with Gasteiger partial charge in [-0.3, -0.25) is 4.79 Å². The molecule has 0 aliphatic rings. The van der Waals surface area contributed by atoms with E-state index in [4.69, 9.17) is 5.11 Å². The first-order valence-electron chi connectivity index (χ1n) is 7.65. The van der Waals surface area contributed by atoms with Gasteiger partial charge in [-0.2, -0.15) is 0 Å². The molecule has 5 nitrogen and oxygen atoms in total. The fraction of sp³-hybridized carbons (Fsp3) is 0.875. The first kappa shape index (κ1) is 19.7. The number of nitrogens with zero attached hydrogens (tertiary/aromatic N) is 1. The number of carboxylic acid groups (broad SMARTS) is 1. The van der Waals surface area contributed by atoms with Crippen LogP contribution in [0.1, 0.15) is 67.7 Å². The van der Waals surface area contributed by atoms with Crippen molar-refractivity contribution < 1.29 is 14.7 Å². The average Bonchev–Trinajstić information content (AvgIpc) is 2.18. The van der Waals surface area contributed by atoms with E-state index in [2.05, 4.69) is 26.1 Å². The molecule has 0 heterocycles. The highest BCUT2D eigenvalue weighted by Gasteiger charge is 2.29. The van der Waals surface area contributed by atoms with E-state index in [1.54, 1.807) is 4.90 Å². The number of carbonyl (C=O) groups excluding carboxylic acids is 1. The van der Waals surface area contributed by atoms with Gasteiger partial charge in [0, 0.05) is 24.5 Å². The minimum atomic E-state index is -0.827. The highest BCUT2D eigenvalue weighted by molar-refractivity contribution is 5.75. The molecule has 0 bridgehead atoms. The Morgan fingerprint density at radius 2 is 1.67 bits per heavy atom. The van der Waals surface area contributed by atoms with Crippen LogP contribution in [-0.4, -0.2) is 40.1 Å². The third-order valence-corrected chi connectivity index (χ3v) is 3.09. The number of hydrogen-bond donors (Lipinski definition) is 2. The lowest BCUT2D eigenvalue weighted by atomic mass is 9.82. The Balaban J connectivity index is 4.64. The molecule has 0 spiro atoms. The third kappa shape index (κ3) is 9.32. The first-order chi connectivity index (χ1) is 9.34. The standard InChI is InChI=1S/C16H32N2O3/c1-12(2)18(10-8-9-13(19)20)14(21)17-16(6,7)11-15(3,4)5/h12H,8-11H2,1-7H3,(H,17,21)(H,19,20). The SMILES string of the molecule is CC(C)N(CCCC(=O)O)C(=O)NC(C)(C)CC(C)(C)C. The normalized spacial score (nSPS) is 12.4. The summed E-state index contributed by atoms with van der Waals surface area (Å²) in [4.78, 5) is 24.7. The van der Waals surface area contributed by atoms with Gasteiger partial charge in [0.2, 0.25) is 0 Å². The van der Waals surface area contributed by atoms with Crippen LogP contribution in [0.25, 0.3) is 0 Å². The fourth-order valence-electron chi connectivity index (χ4n) is 2.73. The molecule has 0 saturated heterocycles. The Kier molecular flexibility index (Phi) is 7.20. The summed E-state index contributed by atoms with van der Waals surface area (Å²) in [6, 6.07) is -0.0751. The summed E-state index contributed by atoms with van der Waals surface area (Å²) in [5, 5.41) is 11.8. The van der Waals surface area contributed by atoms with Gasteiger partial charge in [-0.15, -0.1) is 0 Å². The minimum Gasteiger partial charge on any atom is -0.481 e. The maximum atomic E-state index is 12.4. The van der Waals surface area contributed by atoms with Crippen molar-refractivity contribution in [1.82, 2.24) is 10.2 Å². The predicted molar refractivity (Wildman–Crippen MR) is 85.4 cm³/mol. The third-order valence-electron chi connectivity index (χ3n) is 3.09. The van der Waals surface area contributed by atoms with Gasteiger partial charge in [0.15, 0.2) is 0 Å². The van der Waals surface area contributed by atoms with Gasteiger partial charge in [-0.25, -0.2) is 4.79 Å². The Bertz CT molecular complexity index is 357. The van der Waals surface area contributed by atoms with Crippen molar-refractivity contribution >= 4 is 12.0 Å². The van der Waals surface area contributed by atoms with Crippen molar-refractivity contribution in [2.24, 2.45) is 5.41 Å². The highest BCUT2D eigenvalue weighted by Crippen LogP contribution is 2.27. The van der Waals surface area contributed by atoms with Crippen molar-refractivity contribution in [2.75, 3.05) is 6.54 Å². The monoisotopic (exact) mass is 300 g/mol. The lowest BCUT2D eigenvalue weighted by molar-refractivity contribution is -0.137. The molecular weight excluding hydrogens is 268 g/mol. The molecule has 2 amide bonds. The molecule has 0 saturated carbocycles. The fourth-order valence-corrected chi connectivity index (χ4v) is 2.73. The van der Waals surface area contributed by atoms with Gasteiger partial charge < -0.3 is 15.3 Å². The molecule has 0 aromatic rings. The van der Waals surface area contributed by atoms with Crippen molar-refractivity contribution in [1.29, 1.82) is 0 Å². The Morgan fingerprint density at radius 3 is 2.05 bits per heavy atom. The first-order valence-corrected chi connectivity index (χ1v) is 7.65. The lowest BCUT2D eigenvalue weighted by Gasteiger charge is -2.36. The van der Waals surface area contributed by atoms with E-state index < -0.39 is 5.97 Å². The second-order valence-corrected chi connectivity index (χ2v) is 7.84. The second kappa shape index (κ2) is 7.66. The van der Waals surface area contributed by atoms with Crippen molar-refractivity contribution in [3.8, 4) is 0 Å². The van der Waals surface area contributed by atoms with Gasteiger partial charge in [0.25, 0.3) is 0 Å². The summed E-state index contributed by atoms with van der Waals surface area (Å²) in [5.41, 5.74) is -0.169. The Hall–Kier alpha value is -1.26. The van der Waals surface area contributed by atoms with Crippen LogP contribution in [0.15, 0.2) is 0 Å². The molecule has 0 rings (SSSR count). The van der Waals surface area contributed by atoms with Gasteiger partial charge >= 0.3 is 12.0 Å². The largest absolute Gasteiger partial charge is 0.481 e. The number of aliphatic carboxylic acids is 1. The van der Waals surface area contributed by atoms with E-state index >= 15 is 0 Å². The van der Waals surface area contributed by atoms with Gasteiger partial charge in [0.05, 0.1) is 0 Å². The van der Waals surface area contributed by atoms with Crippen LogP contribution in [0, 0.1) is 5.41 Å². The zero-order chi connectivity index (χ0) is 16.8. The van der Waals surface area contributed by atoms with Crippen LogP contribution in [0.5, 0.6) is 0 Å². The topological polar surface area (TPSA) is 69.6 Å². The van der Waals surface area contributed by atoms with Crippen LogP contribution in [0.4, 0.5) is 4.79 Å². The summed E-state index contributed by atoms with van der Waals surface area (Å²) < 4.78 is 0. The van der Waals surface area contributed by atoms with Crippen LogP contribution in [-0.2, 0) is 4.79 Å². The molecular formula is C16H32N2O3. The maximum absolute atomic E-state index is 12.4. The van der Waals surface area contributed by atoms with E-state index in [0.717, 1.165) is 6.42 Å². The number of amides is 2. The minimum absolute atomic E-state index is 0.0456. The Morgan fingerprint density at radius 1 is 1.14 bits per heavy atom. The van der Waals surface area contributed by atoms with Crippen molar-refractivity contribution in [3.63, 3.8) is 0 Å². The molecule has 0 radical (unpaired) electrons. The molecule has 0 unspecified atom stereocenters. The van der Waals surface area contributed by atoms with Crippen LogP contribution in [0.3, 0.4) is 0 Å². The van der Waals surface area contributed by atoms with Crippen LogP contribution < -0.4 is 5.32 Å². The summed E-state index contributed by atoms with van der Waals surface area (Å²) in [5.74, 6) is -0.827. The van der Waals surface area contributed by atoms with Gasteiger partial charge in [0.1, 0.15) is 0 Å². The molecule has 0 fully saturated rings. The summed E-state index contributed by atoms with van der Waals surface area (Å²) >= 11 is 0. The van der Waals surface area contributed by atoms with Gasteiger partial charge in [-0.05, 0) is 46.0 Å². The number of carbonyl (C=O) groups is 2. The predicted octanol–water partition coefficient (Wildman–Crippen LogP) is 3.49. The van der Waals surface area contributed by atoms with Gasteiger partial charge in [-0.1, -0.05) is 20.8 Å².